The molecule has 3 aromatic rings. The van der Waals surface area contributed by atoms with Crippen LogP contribution in [0.4, 0.5) is 4.39 Å². The van der Waals surface area contributed by atoms with Gasteiger partial charge in [0.05, 0.1) is 0 Å². The fourth-order valence-electron chi connectivity index (χ4n) is 4.22. The highest BCUT2D eigenvalue weighted by atomic mass is 35.5. The van der Waals surface area contributed by atoms with Gasteiger partial charge in [0.15, 0.2) is 0 Å². The summed E-state index contributed by atoms with van der Waals surface area (Å²) in [6.07, 6.45) is 0.509. The lowest BCUT2D eigenvalue weighted by molar-refractivity contribution is -0.126. The van der Waals surface area contributed by atoms with Crippen molar-refractivity contribution in [3.05, 3.63) is 107 Å². The molecule has 1 saturated heterocycles. The molecular weight excluding hydrogens is 385 g/mol. The second-order valence-electron chi connectivity index (χ2n) is 7.45. The molecule has 3 aromatic carbocycles. The number of rotatable bonds is 5. The van der Waals surface area contributed by atoms with Gasteiger partial charge in [0.25, 0.3) is 0 Å². The topological polar surface area (TPSA) is 20.3 Å². The Balaban J connectivity index is 0.00000240. The lowest BCUT2D eigenvalue weighted by atomic mass is 9.76. The van der Waals surface area contributed by atoms with Crippen molar-refractivity contribution in [2.45, 2.75) is 18.9 Å². The van der Waals surface area contributed by atoms with E-state index in [4.69, 9.17) is 0 Å². The van der Waals surface area contributed by atoms with E-state index in [0.717, 1.165) is 18.7 Å². The SMILES string of the molecule is Cl.O=C1CCN(Cc2ccccc2)CC1C(c1ccccc1)c1ccccc1F. The van der Waals surface area contributed by atoms with Crippen LogP contribution in [-0.4, -0.2) is 23.8 Å². The number of halogens is 2. The third kappa shape index (κ3) is 4.92. The Morgan fingerprint density at radius 3 is 2.21 bits per heavy atom. The summed E-state index contributed by atoms with van der Waals surface area (Å²) in [7, 11) is 0. The molecule has 0 saturated carbocycles. The highest BCUT2D eigenvalue weighted by Crippen LogP contribution is 2.37. The Morgan fingerprint density at radius 2 is 1.52 bits per heavy atom. The van der Waals surface area contributed by atoms with Gasteiger partial charge in [-0.05, 0) is 22.8 Å². The van der Waals surface area contributed by atoms with Crippen molar-refractivity contribution in [2.24, 2.45) is 5.92 Å². The zero-order valence-corrected chi connectivity index (χ0v) is 17.0. The number of nitrogens with zero attached hydrogens (tertiary/aromatic N) is 1. The minimum Gasteiger partial charge on any atom is -0.299 e. The monoisotopic (exact) mass is 409 g/mol. The zero-order valence-electron chi connectivity index (χ0n) is 16.2. The molecule has 1 aliphatic heterocycles. The minimum absolute atomic E-state index is 0. The molecule has 0 spiro atoms. The van der Waals surface area contributed by atoms with E-state index in [1.54, 1.807) is 6.07 Å². The Hall–Kier alpha value is -2.49. The van der Waals surface area contributed by atoms with Gasteiger partial charge in [0.1, 0.15) is 11.6 Å². The van der Waals surface area contributed by atoms with Crippen LogP contribution < -0.4 is 0 Å². The number of Topliss-reactive ketones (excluding diaryl/α,β-unsaturated/α-hetero) is 1. The Kier molecular flexibility index (Phi) is 7.18. The molecule has 2 atom stereocenters. The molecule has 1 fully saturated rings. The minimum atomic E-state index is -0.270. The van der Waals surface area contributed by atoms with E-state index in [-0.39, 0.29) is 35.8 Å². The van der Waals surface area contributed by atoms with Gasteiger partial charge < -0.3 is 0 Å². The number of likely N-dealkylation sites (tertiary alicyclic amines) is 1. The summed E-state index contributed by atoms with van der Waals surface area (Å²) >= 11 is 0. The Labute approximate surface area is 177 Å². The average Bonchev–Trinajstić information content (AvgIpc) is 2.73. The number of hydrogen-bond acceptors (Lipinski definition) is 2. The van der Waals surface area contributed by atoms with Gasteiger partial charge in [0.2, 0.25) is 0 Å². The van der Waals surface area contributed by atoms with Crippen LogP contribution in [0.15, 0.2) is 84.9 Å². The van der Waals surface area contributed by atoms with Crippen LogP contribution in [-0.2, 0) is 11.3 Å². The highest BCUT2D eigenvalue weighted by Gasteiger charge is 2.36. The summed E-state index contributed by atoms with van der Waals surface area (Å²) < 4.78 is 14.7. The summed E-state index contributed by atoms with van der Waals surface area (Å²) in [5.74, 6) is -0.545. The zero-order chi connectivity index (χ0) is 19.3. The first-order valence-electron chi connectivity index (χ1n) is 9.81. The van der Waals surface area contributed by atoms with Crippen molar-refractivity contribution in [1.29, 1.82) is 0 Å². The van der Waals surface area contributed by atoms with Crippen LogP contribution in [0, 0.1) is 11.7 Å². The lowest BCUT2D eigenvalue weighted by Gasteiger charge is -2.36. The van der Waals surface area contributed by atoms with Gasteiger partial charge in [-0.1, -0.05) is 78.9 Å². The molecule has 4 heteroatoms. The van der Waals surface area contributed by atoms with Gasteiger partial charge >= 0.3 is 0 Å². The smallest absolute Gasteiger partial charge is 0.139 e. The Bertz CT molecular complexity index is 932. The van der Waals surface area contributed by atoms with Crippen molar-refractivity contribution in [3.63, 3.8) is 0 Å². The maximum atomic E-state index is 14.7. The van der Waals surface area contributed by atoms with E-state index in [1.807, 2.05) is 60.7 Å². The molecular formula is C25H25ClFNO. The quantitative estimate of drug-likeness (QED) is 0.556. The maximum Gasteiger partial charge on any atom is 0.139 e. The summed E-state index contributed by atoms with van der Waals surface area (Å²) in [6, 6.07) is 27.0. The van der Waals surface area contributed by atoms with Crippen LogP contribution >= 0.6 is 12.4 Å². The van der Waals surface area contributed by atoms with Crippen molar-refractivity contribution < 1.29 is 9.18 Å². The molecule has 150 valence electrons. The fraction of sp³-hybridized carbons (Fsp3) is 0.240. The van der Waals surface area contributed by atoms with Crippen molar-refractivity contribution in [2.75, 3.05) is 13.1 Å². The first kappa shape index (κ1) is 21.2. The van der Waals surface area contributed by atoms with Crippen LogP contribution in [0.3, 0.4) is 0 Å². The van der Waals surface area contributed by atoms with Crippen LogP contribution in [0.1, 0.15) is 29.0 Å². The molecule has 0 amide bonds. The molecule has 0 radical (unpaired) electrons. The highest BCUT2D eigenvalue weighted by molar-refractivity contribution is 5.85. The standard InChI is InChI=1S/C25H24FNO.ClH/c26-23-14-8-7-13-21(23)25(20-11-5-2-6-12-20)22-18-27(16-15-24(22)28)17-19-9-3-1-4-10-19;/h1-14,22,25H,15-18H2;1H. The normalized spacial score (nSPS) is 18.1. The average molecular weight is 410 g/mol. The van der Waals surface area contributed by atoms with Crippen LogP contribution in [0.2, 0.25) is 0 Å². The van der Waals surface area contributed by atoms with E-state index < -0.39 is 0 Å². The Morgan fingerprint density at radius 1 is 0.897 bits per heavy atom. The van der Waals surface area contributed by atoms with E-state index in [9.17, 15) is 9.18 Å². The summed E-state index contributed by atoms with van der Waals surface area (Å²) in [4.78, 5) is 15.3. The first-order chi connectivity index (χ1) is 13.7. The molecule has 0 aliphatic carbocycles. The van der Waals surface area contributed by atoms with E-state index >= 15 is 0 Å². The number of benzene rings is 3. The van der Waals surface area contributed by atoms with Gasteiger partial charge in [-0.25, -0.2) is 4.39 Å². The predicted octanol–water partition coefficient (Wildman–Crippen LogP) is 5.47. The number of hydrogen-bond donors (Lipinski definition) is 0. The van der Waals surface area contributed by atoms with Gasteiger partial charge in [-0.3, -0.25) is 9.69 Å². The van der Waals surface area contributed by atoms with E-state index in [0.29, 0.717) is 18.5 Å². The van der Waals surface area contributed by atoms with E-state index in [2.05, 4.69) is 17.0 Å². The summed E-state index contributed by atoms with van der Waals surface area (Å²) in [5, 5.41) is 0. The summed E-state index contributed by atoms with van der Waals surface area (Å²) in [6.45, 7) is 2.20. The van der Waals surface area contributed by atoms with Gasteiger partial charge in [-0.15, -0.1) is 12.4 Å². The molecule has 1 aliphatic rings. The second-order valence-corrected chi connectivity index (χ2v) is 7.45. The number of piperidine rings is 1. The van der Waals surface area contributed by atoms with Gasteiger partial charge in [0, 0.05) is 37.9 Å². The number of carbonyl (C=O) groups is 1. The molecule has 1 heterocycles. The van der Waals surface area contributed by atoms with Gasteiger partial charge in [-0.2, -0.15) is 0 Å². The molecule has 2 unspecified atom stereocenters. The van der Waals surface area contributed by atoms with Crippen molar-refractivity contribution >= 4 is 18.2 Å². The second kappa shape index (κ2) is 9.82. The third-order valence-corrected chi connectivity index (χ3v) is 5.59. The molecule has 0 bridgehead atoms. The van der Waals surface area contributed by atoms with Crippen LogP contribution in [0.25, 0.3) is 0 Å². The fourth-order valence-corrected chi connectivity index (χ4v) is 4.22. The molecule has 0 aromatic heterocycles. The number of ketones is 1. The van der Waals surface area contributed by atoms with Crippen molar-refractivity contribution in [1.82, 2.24) is 4.90 Å². The van der Waals surface area contributed by atoms with E-state index in [1.165, 1.54) is 11.6 Å². The molecule has 2 nitrogen and oxygen atoms in total. The number of carbonyl (C=O) groups excluding carboxylic acids is 1. The molecule has 29 heavy (non-hydrogen) atoms. The largest absolute Gasteiger partial charge is 0.299 e. The third-order valence-electron chi connectivity index (χ3n) is 5.59. The summed E-state index contributed by atoms with van der Waals surface area (Å²) in [5.41, 5.74) is 2.83. The molecule has 4 rings (SSSR count). The van der Waals surface area contributed by atoms with Crippen LogP contribution in [0.5, 0.6) is 0 Å². The molecule has 0 N–H and O–H groups in total. The maximum absolute atomic E-state index is 14.7. The lowest BCUT2D eigenvalue weighted by Crippen LogP contribution is -2.43. The van der Waals surface area contributed by atoms with Crippen molar-refractivity contribution in [3.8, 4) is 0 Å². The first-order valence-corrected chi connectivity index (χ1v) is 9.81. The predicted molar refractivity (Wildman–Crippen MR) is 117 cm³/mol.